The maximum Gasteiger partial charge on any atom is 0.0363 e. The molecule has 0 aliphatic carbocycles. The summed E-state index contributed by atoms with van der Waals surface area (Å²) >= 11 is 0. The van der Waals surface area contributed by atoms with E-state index in [-0.39, 0.29) is 11.0 Å². The molecule has 0 heterocycles. The number of aryl methyl sites for hydroxylation is 1. The van der Waals surface area contributed by atoms with Gasteiger partial charge in [-0.1, -0.05) is 31.5 Å². The molecule has 0 saturated heterocycles. The molecule has 19 heavy (non-hydrogen) atoms. The number of hydrogen-bond acceptors (Lipinski definition) is 2. The lowest BCUT2D eigenvalue weighted by molar-refractivity contribution is 0.295. The van der Waals surface area contributed by atoms with Gasteiger partial charge in [-0.25, -0.2) is 0 Å². The van der Waals surface area contributed by atoms with Crippen molar-refractivity contribution in [3.8, 4) is 0 Å². The van der Waals surface area contributed by atoms with E-state index < -0.39 is 0 Å². The summed E-state index contributed by atoms with van der Waals surface area (Å²) in [7, 11) is 2.17. The zero-order chi connectivity index (χ0) is 14.7. The van der Waals surface area contributed by atoms with E-state index >= 15 is 0 Å². The van der Waals surface area contributed by atoms with Gasteiger partial charge in [-0.2, -0.15) is 0 Å². The molecule has 2 heteroatoms. The van der Waals surface area contributed by atoms with Gasteiger partial charge in [0.25, 0.3) is 0 Å². The van der Waals surface area contributed by atoms with Crippen LogP contribution in [-0.4, -0.2) is 25.7 Å². The predicted octanol–water partition coefficient (Wildman–Crippen LogP) is 3.85. The van der Waals surface area contributed by atoms with Gasteiger partial charge in [0.15, 0.2) is 0 Å². The van der Waals surface area contributed by atoms with Crippen molar-refractivity contribution < 1.29 is 0 Å². The third-order valence-electron chi connectivity index (χ3n) is 3.24. The maximum absolute atomic E-state index is 3.60. The van der Waals surface area contributed by atoms with Crippen LogP contribution >= 0.6 is 0 Å². The first kappa shape index (κ1) is 16.0. The van der Waals surface area contributed by atoms with Crippen LogP contribution < -0.4 is 10.2 Å². The van der Waals surface area contributed by atoms with E-state index in [4.69, 9.17) is 0 Å². The largest absolute Gasteiger partial charge is 0.374 e. The van der Waals surface area contributed by atoms with E-state index in [9.17, 15) is 0 Å². The number of nitrogens with zero attached hydrogens (tertiary/aromatic N) is 1. The fourth-order valence-electron chi connectivity index (χ4n) is 2.09. The summed E-state index contributed by atoms with van der Waals surface area (Å²) in [6.07, 6.45) is 0. The molecule has 2 nitrogen and oxygen atoms in total. The van der Waals surface area contributed by atoms with Gasteiger partial charge in [-0.05, 0) is 45.2 Å². The monoisotopic (exact) mass is 262 g/mol. The Morgan fingerprint density at radius 2 is 1.53 bits per heavy atom. The highest BCUT2D eigenvalue weighted by atomic mass is 15.1. The smallest absolute Gasteiger partial charge is 0.0363 e. The molecule has 0 spiro atoms. The van der Waals surface area contributed by atoms with Crippen molar-refractivity contribution in [3.63, 3.8) is 0 Å². The van der Waals surface area contributed by atoms with Gasteiger partial charge < -0.3 is 10.2 Å². The molecule has 1 rings (SSSR count). The normalized spacial score (nSPS) is 12.6. The highest BCUT2D eigenvalue weighted by Crippen LogP contribution is 2.21. The Morgan fingerprint density at radius 1 is 1.00 bits per heavy atom. The summed E-state index contributed by atoms with van der Waals surface area (Å²) in [5.74, 6) is 0. The van der Waals surface area contributed by atoms with E-state index in [0.717, 1.165) is 13.1 Å². The van der Waals surface area contributed by atoms with Crippen LogP contribution in [0.25, 0.3) is 0 Å². The van der Waals surface area contributed by atoms with Gasteiger partial charge in [0.1, 0.15) is 0 Å². The SMILES string of the molecule is Cc1ccc(N(C)CC(C)(C)CNC(C)(C)C)cc1. The molecule has 0 aliphatic rings. The molecule has 0 bridgehead atoms. The minimum absolute atomic E-state index is 0.180. The number of benzene rings is 1. The molecule has 1 aromatic rings. The van der Waals surface area contributed by atoms with Crippen molar-refractivity contribution in [2.75, 3.05) is 25.0 Å². The van der Waals surface area contributed by atoms with Crippen molar-refractivity contribution in [1.82, 2.24) is 5.32 Å². The lowest BCUT2D eigenvalue weighted by Gasteiger charge is -2.34. The predicted molar refractivity (Wildman–Crippen MR) is 86.0 cm³/mol. The first-order valence-corrected chi connectivity index (χ1v) is 7.12. The molecule has 0 atom stereocenters. The molecule has 0 unspecified atom stereocenters. The second-order valence-electron chi connectivity index (χ2n) is 7.46. The number of nitrogens with one attached hydrogen (secondary N) is 1. The van der Waals surface area contributed by atoms with Crippen LogP contribution in [0.3, 0.4) is 0 Å². The quantitative estimate of drug-likeness (QED) is 0.867. The summed E-state index contributed by atoms with van der Waals surface area (Å²) in [5, 5.41) is 3.60. The molecular weight excluding hydrogens is 232 g/mol. The summed E-state index contributed by atoms with van der Waals surface area (Å²) in [6.45, 7) is 15.5. The lowest BCUT2D eigenvalue weighted by Crippen LogP contribution is -2.45. The topological polar surface area (TPSA) is 15.3 Å². The Hall–Kier alpha value is -1.02. The summed E-state index contributed by atoms with van der Waals surface area (Å²) in [5.41, 5.74) is 3.02. The highest BCUT2D eigenvalue weighted by Gasteiger charge is 2.22. The van der Waals surface area contributed by atoms with E-state index in [0.29, 0.717) is 0 Å². The lowest BCUT2D eigenvalue weighted by atomic mass is 9.91. The Morgan fingerprint density at radius 3 is 2.00 bits per heavy atom. The standard InChI is InChI=1S/C17H30N2/c1-14-8-10-15(11-9-14)19(7)13-17(5,6)12-18-16(2,3)4/h8-11,18H,12-13H2,1-7H3. The second kappa shape index (κ2) is 5.96. The average Bonchev–Trinajstić information content (AvgIpc) is 2.26. The molecule has 0 aliphatic heterocycles. The van der Waals surface area contributed by atoms with E-state index in [2.05, 4.69) is 83.1 Å². The van der Waals surface area contributed by atoms with Crippen LogP contribution in [0, 0.1) is 12.3 Å². The van der Waals surface area contributed by atoms with Crippen molar-refractivity contribution in [2.45, 2.75) is 47.1 Å². The fraction of sp³-hybridized carbons (Fsp3) is 0.647. The third kappa shape index (κ3) is 6.11. The van der Waals surface area contributed by atoms with Crippen molar-refractivity contribution >= 4 is 5.69 Å². The first-order chi connectivity index (χ1) is 8.59. The van der Waals surface area contributed by atoms with Crippen molar-refractivity contribution in [3.05, 3.63) is 29.8 Å². The average molecular weight is 262 g/mol. The molecule has 0 aromatic heterocycles. The zero-order valence-electron chi connectivity index (χ0n) is 13.7. The van der Waals surface area contributed by atoms with Crippen LogP contribution in [0.15, 0.2) is 24.3 Å². The van der Waals surface area contributed by atoms with Crippen molar-refractivity contribution in [2.24, 2.45) is 5.41 Å². The Kier molecular flexibility index (Phi) is 5.03. The van der Waals surface area contributed by atoms with Gasteiger partial charge in [0.2, 0.25) is 0 Å². The summed E-state index contributed by atoms with van der Waals surface area (Å²) < 4.78 is 0. The number of rotatable bonds is 5. The van der Waals surface area contributed by atoms with E-state index in [1.165, 1.54) is 11.3 Å². The van der Waals surface area contributed by atoms with Crippen molar-refractivity contribution in [1.29, 1.82) is 0 Å². The van der Waals surface area contributed by atoms with Crippen LogP contribution in [0.1, 0.15) is 40.2 Å². The van der Waals surface area contributed by atoms with Crippen LogP contribution in [0.2, 0.25) is 0 Å². The Bertz CT molecular complexity index is 385. The third-order valence-corrected chi connectivity index (χ3v) is 3.24. The Labute approximate surface area is 119 Å². The second-order valence-corrected chi connectivity index (χ2v) is 7.46. The van der Waals surface area contributed by atoms with Gasteiger partial charge in [-0.15, -0.1) is 0 Å². The summed E-state index contributed by atoms with van der Waals surface area (Å²) in [4.78, 5) is 2.34. The van der Waals surface area contributed by atoms with Gasteiger partial charge >= 0.3 is 0 Å². The molecule has 1 aromatic carbocycles. The van der Waals surface area contributed by atoms with Gasteiger partial charge in [0, 0.05) is 31.4 Å². The summed E-state index contributed by atoms with van der Waals surface area (Å²) in [6, 6.07) is 8.74. The molecular formula is C17H30N2. The highest BCUT2D eigenvalue weighted by molar-refractivity contribution is 5.46. The molecule has 0 saturated carbocycles. The van der Waals surface area contributed by atoms with E-state index in [1.807, 2.05) is 0 Å². The number of hydrogen-bond donors (Lipinski definition) is 1. The number of anilines is 1. The van der Waals surface area contributed by atoms with Gasteiger partial charge in [0.05, 0.1) is 0 Å². The Balaban J connectivity index is 2.59. The molecule has 0 amide bonds. The van der Waals surface area contributed by atoms with Crippen LogP contribution in [0.4, 0.5) is 5.69 Å². The molecule has 0 fully saturated rings. The van der Waals surface area contributed by atoms with E-state index in [1.54, 1.807) is 0 Å². The minimum Gasteiger partial charge on any atom is -0.374 e. The van der Waals surface area contributed by atoms with Crippen LogP contribution in [0.5, 0.6) is 0 Å². The molecule has 108 valence electrons. The fourth-order valence-corrected chi connectivity index (χ4v) is 2.09. The van der Waals surface area contributed by atoms with Crippen LogP contribution in [-0.2, 0) is 0 Å². The maximum atomic E-state index is 3.60. The molecule has 0 radical (unpaired) electrons. The molecule has 1 N–H and O–H groups in total. The zero-order valence-corrected chi connectivity index (χ0v) is 13.7. The van der Waals surface area contributed by atoms with Gasteiger partial charge in [-0.3, -0.25) is 0 Å². The minimum atomic E-state index is 0.180. The first-order valence-electron chi connectivity index (χ1n) is 7.12.